The van der Waals surface area contributed by atoms with Crippen molar-refractivity contribution in [3.63, 3.8) is 0 Å². The topological polar surface area (TPSA) is 0 Å². The fourth-order valence-corrected chi connectivity index (χ4v) is 1.38. The molecule has 0 aliphatic carbocycles. The van der Waals surface area contributed by atoms with Gasteiger partial charge in [0.1, 0.15) is 0 Å². The number of benzene rings is 2. The number of hydrogen-bond acceptors (Lipinski definition) is 0. The largest absolute Gasteiger partial charge is 0.120 e. The van der Waals surface area contributed by atoms with E-state index in [2.05, 4.69) is 67.8 Å². The lowest BCUT2D eigenvalue weighted by atomic mass is 10.0. The quantitative estimate of drug-likeness (QED) is 0.589. The van der Waals surface area contributed by atoms with Crippen molar-refractivity contribution in [3.05, 3.63) is 60.2 Å². The maximum atomic E-state index is 4.60. The second-order valence-corrected chi connectivity index (χ2v) is 3.52. The van der Waals surface area contributed by atoms with Crippen LogP contribution in [0.4, 0.5) is 0 Å². The first kappa shape index (κ1) is 16.0. The molecule has 0 aliphatic heterocycles. The third-order valence-corrected chi connectivity index (χ3v) is 2.16. The maximum Gasteiger partial charge on any atom is -0.00297 e. The highest BCUT2D eigenvalue weighted by molar-refractivity contribution is 5.63. The molecule has 0 unspecified atom stereocenters. The lowest BCUT2D eigenvalue weighted by molar-refractivity contribution is 1.47. The molecule has 2 rings (SSSR count). The van der Waals surface area contributed by atoms with Gasteiger partial charge in [-0.2, -0.15) is 0 Å². The van der Waals surface area contributed by atoms with E-state index in [9.17, 15) is 0 Å². The average Bonchev–Trinajstić information content (AvgIpc) is 2.44. The van der Waals surface area contributed by atoms with Gasteiger partial charge < -0.3 is 0 Å². The molecule has 0 radical (unpaired) electrons. The average molecular weight is 238 g/mol. The molecule has 0 aromatic heterocycles. The SMILES string of the molecule is C#CC.CC.Cc1ccc(-c2ccccc2)cc1. The second-order valence-electron chi connectivity index (χ2n) is 3.52. The third kappa shape index (κ3) is 5.92. The molecule has 0 atom stereocenters. The zero-order valence-electron chi connectivity index (χ0n) is 11.8. The standard InChI is InChI=1S/C13H12.C3H4.C2H6/c1-11-7-9-13(10-8-11)12-5-3-2-4-6-12;1-3-2;1-2/h2-10H,1H3;1H,2H3;1-2H3. The molecule has 0 N–H and O–H groups in total. The van der Waals surface area contributed by atoms with Gasteiger partial charge in [0.15, 0.2) is 0 Å². The third-order valence-electron chi connectivity index (χ3n) is 2.16. The van der Waals surface area contributed by atoms with E-state index in [4.69, 9.17) is 0 Å². The molecular weight excluding hydrogens is 216 g/mol. The normalized spacial score (nSPS) is 7.94. The highest BCUT2D eigenvalue weighted by Gasteiger charge is 1.93. The van der Waals surface area contributed by atoms with Crippen LogP contribution in [0.15, 0.2) is 54.6 Å². The van der Waals surface area contributed by atoms with Crippen molar-refractivity contribution in [2.45, 2.75) is 27.7 Å². The van der Waals surface area contributed by atoms with Gasteiger partial charge in [-0.3, -0.25) is 0 Å². The summed E-state index contributed by atoms with van der Waals surface area (Å²) in [5, 5.41) is 0. The minimum absolute atomic E-state index is 1.28. The maximum absolute atomic E-state index is 4.60. The summed E-state index contributed by atoms with van der Waals surface area (Å²) in [4.78, 5) is 0. The van der Waals surface area contributed by atoms with Gasteiger partial charge in [-0.15, -0.1) is 12.3 Å². The highest BCUT2D eigenvalue weighted by atomic mass is 14.0. The Bertz CT molecular complexity index is 444. The van der Waals surface area contributed by atoms with E-state index in [1.165, 1.54) is 16.7 Å². The zero-order chi connectivity index (χ0) is 13.8. The van der Waals surface area contributed by atoms with Crippen LogP contribution in [0.3, 0.4) is 0 Å². The first-order valence-electron chi connectivity index (χ1n) is 6.27. The molecule has 0 saturated heterocycles. The summed E-state index contributed by atoms with van der Waals surface area (Å²) in [7, 11) is 0. The number of aryl methyl sites for hydroxylation is 1. The van der Waals surface area contributed by atoms with Gasteiger partial charge in [0, 0.05) is 0 Å². The molecule has 0 amide bonds. The Morgan fingerprint density at radius 1 is 0.778 bits per heavy atom. The molecule has 0 heterocycles. The molecule has 0 fully saturated rings. The first-order valence-corrected chi connectivity index (χ1v) is 6.27. The van der Waals surface area contributed by atoms with E-state index >= 15 is 0 Å². The van der Waals surface area contributed by atoms with Crippen LogP contribution in [0.5, 0.6) is 0 Å². The van der Waals surface area contributed by atoms with Gasteiger partial charge in [0.2, 0.25) is 0 Å². The Labute approximate surface area is 112 Å². The lowest BCUT2D eigenvalue weighted by Gasteiger charge is -2.00. The van der Waals surface area contributed by atoms with Crippen LogP contribution < -0.4 is 0 Å². The Kier molecular flexibility index (Phi) is 9.04. The molecular formula is C18H22. The smallest absolute Gasteiger partial charge is 0.00297 e. The predicted octanol–water partition coefficient (Wildman–Crippen LogP) is 5.33. The molecule has 0 bridgehead atoms. The molecule has 18 heavy (non-hydrogen) atoms. The fraction of sp³-hybridized carbons (Fsp3) is 0.222. The number of rotatable bonds is 1. The Morgan fingerprint density at radius 2 is 1.17 bits per heavy atom. The first-order chi connectivity index (χ1) is 8.77. The molecule has 0 nitrogen and oxygen atoms in total. The van der Waals surface area contributed by atoms with Gasteiger partial charge in [-0.1, -0.05) is 74.0 Å². The van der Waals surface area contributed by atoms with Crippen molar-refractivity contribution < 1.29 is 0 Å². The molecule has 0 saturated carbocycles. The van der Waals surface area contributed by atoms with Gasteiger partial charge in [0.25, 0.3) is 0 Å². The number of hydrogen-bond donors (Lipinski definition) is 0. The molecule has 94 valence electrons. The number of terminal acetylenes is 1. The Morgan fingerprint density at radius 3 is 1.61 bits per heavy atom. The highest BCUT2D eigenvalue weighted by Crippen LogP contribution is 2.18. The van der Waals surface area contributed by atoms with Gasteiger partial charge in [0.05, 0.1) is 0 Å². The van der Waals surface area contributed by atoms with Crippen LogP contribution in [0.2, 0.25) is 0 Å². The van der Waals surface area contributed by atoms with Crippen LogP contribution >= 0.6 is 0 Å². The minimum Gasteiger partial charge on any atom is -0.120 e. The summed E-state index contributed by atoms with van der Waals surface area (Å²) in [6.45, 7) is 7.76. The monoisotopic (exact) mass is 238 g/mol. The van der Waals surface area contributed by atoms with Crippen LogP contribution in [0.1, 0.15) is 26.3 Å². The van der Waals surface area contributed by atoms with Gasteiger partial charge in [-0.25, -0.2) is 0 Å². The summed E-state index contributed by atoms with van der Waals surface area (Å²) in [6.07, 6.45) is 4.60. The molecule has 2 aromatic carbocycles. The molecule has 2 aromatic rings. The van der Waals surface area contributed by atoms with Crippen molar-refractivity contribution in [1.82, 2.24) is 0 Å². The summed E-state index contributed by atoms with van der Waals surface area (Å²) in [5.41, 5.74) is 3.87. The van der Waals surface area contributed by atoms with E-state index in [1.54, 1.807) is 6.92 Å². The van der Waals surface area contributed by atoms with E-state index < -0.39 is 0 Å². The summed E-state index contributed by atoms with van der Waals surface area (Å²) in [5.74, 6) is 2.25. The van der Waals surface area contributed by atoms with Crippen LogP contribution in [-0.4, -0.2) is 0 Å². The Balaban J connectivity index is 0.000000509. The van der Waals surface area contributed by atoms with E-state index in [0.717, 1.165) is 0 Å². The van der Waals surface area contributed by atoms with Crippen LogP contribution in [0.25, 0.3) is 11.1 Å². The fourth-order valence-electron chi connectivity index (χ4n) is 1.38. The van der Waals surface area contributed by atoms with Crippen molar-refractivity contribution in [2.24, 2.45) is 0 Å². The van der Waals surface area contributed by atoms with Crippen molar-refractivity contribution in [1.29, 1.82) is 0 Å². The summed E-state index contributed by atoms with van der Waals surface area (Å²) >= 11 is 0. The van der Waals surface area contributed by atoms with Crippen LogP contribution in [0, 0.1) is 19.3 Å². The van der Waals surface area contributed by atoms with Crippen molar-refractivity contribution in [3.8, 4) is 23.5 Å². The van der Waals surface area contributed by atoms with E-state index in [1.807, 2.05) is 19.9 Å². The Hall–Kier alpha value is -2.00. The zero-order valence-corrected chi connectivity index (χ0v) is 11.8. The minimum atomic E-state index is 1.28. The summed E-state index contributed by atoms with van der Waals surface area (Å²) < 4.78 is 0. The second kappa shape index (κ2) is 10.2. The van der Waals surface area contributed by atoms with Gasteiger partial charge >= 0.3 is 0 Å². The molecule has 0 heteroatoms. The van der Waals surface area contributed by atoms with E-state index in [-0.39, 0.29) is 0 Å². The van der Waals surface area contributed by atoms with Gasteiger partial charge in [-0.05, 0) is 25.0 Å². The van der Waals surface area contributed by atoms with E-state index in [0.29, 0.717) is 0 Å². The summed E-state index contributed by atoms with van der Waals surface area (Å²) in [6, 6.07) is 19.0. The molecule has 0 spiro atoms. The predicted molar refractivity (Wildman–Crippen MR) is 82.5 cm³/mol. The van der Waals surface area contributed by atoms with Crippen LogP contribution in [-0.2, 0) is 0 Å². The van der Waals surface area contributed by atoms with Crippen molar-refractivity contribution >= 4 is 0 Å². The van der Waals surface area contributed by atoms with Crippen molar-refractivity contribution in [2.75, 3.05) is 0 Å². The lowest BCUT2D eigenvalue weighted by Crippen LogP contribution is -1.76. The molecule has 0 aliphatic rings.